The number of aromatic nitrogens is 3. The van der Waals surface area contributed by atoms with E-state index >= 15 is 4.39 Å². The zero-order valence-corrected chi connectivity index (χ0v) is 13.9. The number of carbonyl (C=O) groups excluding carboxylic acids is 1. The fourth-order valence-corrected chi connectivity index (χ4v) is 3.47. The van der Waals surface area contributed by atoms with Gasteiger partial charge in [0.05, 0.1) is 6.33 Å². The number of hydrogen-bond acceptors (Lipinski definition) is 3. The minimum atomic E-state index is -1.84. The summed E-state index contributed by atoms with van der Waals surface area (Å²) in [7, 11) is 0. The van der Waals surface area contributed by atoms with E-state index in [4.69, 9.17) is 5.73 Å². The molecule has 0 radical (unpaired) electrons. The molecule has 2 unspecified atom stereocenters. The fourth-order valence-electron chi connectivity index (χ4n) is 3.47. The van der Waals surface area contributed by atoms with Crippen molar-refractivity contribution in [2.75, 3.05) is 0 Å². The van der Waals surface area contributed by atoms with Crippen molar-refractivity contribution in [3.8, 4) is 0 Å². The van der Waals surface area contributed by atoms with Crippen LogP contribution in [0, 0.1) is 0 Å². The molecule has 5 nitrogen and oxygen atoms in total. The summed E-state index contributed by atoms with van der Waals surface area (Å²) in [6, 6.07) is 11.9. The minimum Gasteiger partial charge on any atom is -0.366 e. The Morgan fingerprint density at radius 3 is 2.77 bits per heavy atom. The molecule has 1 aromatic carbocycles. The van der Waals surface area contributed by atoms with Crippen LogP contribution < -0.4 is 5.73 Å². The van der Waals surface area contributed by atoms with Crippen LogP contribution in [0.5, 0.6) is 0 Å². The lowest BCUT2D eigenvalue weighted by atomic mass is 9.81. The lowest BCUT2D eigenvalue weighted by molar-refractivity contribution is -0.115. The van der Waals surface area contributed by atoms with Crippen LogP contribution in [0.3, 0.4) is 0 Å². The summed E-state index contributed by atoms with van der Waals surface area (Å²) >= 11 is 0. The summed E-state index contributed by atoms with van der Waals surface area (Å²) < 4.78 is 17.8. The van der Waals surface area contributed by atoms with E-state index in [0.717, 1.165) is 5.56 Å². The first-order valence-corrected chi connectivity index (χ1v) is 8.28. The van der Waals surface area contributed by atoms with Crippen molar-refractivity contribution in [2.45, 2.75) is 18.1 Å². The molecule has 1 amide bonds. The number of rotatable bonds is 4. The molecular formula is C20H17FN4O. The predicted octanol–water partition coefficient (Wildman–Crippen LogP) is 2.90. The van der Waals surface area contributed by atoms with Crippen LogP contribution in [-0.2, 0) is 11.2 Å². The van der Waals surface area contributed by atoms with Gasteiger partial charge in [-0.3, -0.25) is 4.79 Å². The summed E-state index contributed by atoms with van der Waals surface area (Å²) in [5, 5.41) is 0. The average molecular weight is 348 g/mol. The molecule has 1 aliphatic rings. The second-order valence-electron chi connectivity index (χ2n) is 6.34. The number of pyridine rings is 1. The Morgan fingerprint density at radius 1 is 1.19 bits per heavy atom. The Hall–Kier alpha value is -3.28. The van der Waals surface area contributed by atoms with Gasteiger partial charge in [-0.15, -0.1) is 0 Å². The lowest BCUT2D eigenvalue weighted by Gasteiger charge is -2.35. The van der Waals surface area contributed by atoms with E-state index in [1.807, 2.05) is 30.3 Å². The standard InChI is InChI=1S/C20H17FN4O/c21-20(12-14-6-2-1-3-7-14)10-4-8-15(18(22)26)17(20)25-13-24-16-9-5-11-23-19(16)25/h1-11,13,17H,12H2,(H2,22,26). The van der Waals surface area contributed by atoms with Gasteiger partial charge in [0.2, 0.25) is 5.91 Å². The molecule has 0 fully saturated rings. The number of halogens is 1. The molecule has 0 saturated heterocycles. The Bertz CT molecular complexity index is 1020. The van der Waals surface area contributed by atoms with E-state index in [0.29, 0.717) is 11.2 Å². The monoisotopic (exact) mass is 348 g/mol. The Morgan fingerprint density at radius 2 is 2.00 bits per heavy atom. The van der Waals surface area contributed by atoms with Gasteiger partial charge in [-0.25, -0.2) is 14.4 Å². The maximum atomic E-state index is 16.2. The first kappa shape index (κ1) is 16.2. The Balaban J connectivity index is 1.86. The number of primary amides is 1. The number of benzene rings is 1. The molecule has 6 heteroatoms. The van der Waals surface area contributed by atoms with Crippen LogP contribution >= 0.6 is 0 Å². The summed E-state index contributed by atoms with van der Waals surface area (Å²) in [5.74, 6) is -0.660. The molecular weight excluding hydrogens is 331 g/mol. The van der Waals surface area contributed by atoms with E-state index in [-0.39, 0.29) is 12.0 Å². The summed E-state index contributed by atoms with van der Waals surface area (Å²) in [4.78, 5) is 20.6. The van der Waals surface area contributed by atoms with Crippen molar-refractivity contribution < 1.29 is 9.18 Å². The summed E-state index contributed by atoms with van der Waals surface area (Å²) in [6.07, 6.45) is 7.82. The van der Waals surface area contributed by atoms with Crippen molar-refractivity contribution in [1.82, 2.24) is 14.5 Å². The number of carbonyl (C=O) groups is 1. The molecule has 26 heavy (non-hydrogen) atoms. The highest BCUT2D eigenvalue weighted by Crippen LogP contribution is 2.41. The first-order chi connectivity index (χ1) is 12.6. The van der Waals surface area contributed by atoms with Crippen LogP contribution in [0.2, 0.25) is 0 Å². The van der Waals surface area contributed by atoms with Gasteiger partial charge in [-0.2, -0.15) is 0 Å². The summed E-state index contributed by atoms with van der Waals surface area (Å²) in [5.41, 5.74) is 5.88. The molecule has 2 aromatic heterocycles. The largest absolute Gasteiger partial charge is 0.366 e. The van der Waals surface area contributed by atoms with Gasteiger partial charge in [0.15, 0.2) is 11.3 Å². The number of alkyl halides is 1. The third-order valence-electron chi connectivity index (χ3n) is 4.61. The predicted molar refractivity (Wildman–Crippen MR) is 97.0 cm³/mol. The molecule has 0 spiro atoms. The van der Waals surface area contributed by atoms with E-state index < -0.39 is 17.6 Å². The van der Waals surface area contributed by atoms with Gasteiger partial charge in [0.25, 0.3) is 0 Å². The Kier molecular flexibility index (Phi) is 3.88. The van der Waals surface area contributed by atoms with Crippen LogP contribution in [0.25, 0.3) is 11.2 Å². The lowest BCUT2D eigenvalue weighted by Crippen LogP contribution is -2.41. The third-order valence-corrected chi connectivity index (χ3v) is 4.61. The zero-order chi connectivity index (χ0) is 18.1. The number of hydrogen-bond donors (Lipinski definition) is 1. The molecule has 0 saturated carbocycles. The van der Waals surface area contributed by atoms with Gasteiger partial charge in [0, 0.05) is 18.2 Å². The Labute approximate surface area is 149 Å². The van der Waals surface area contributed by atoms with Crippen LogP contribution in [-0.4, -0.2) is 26.1 Å². The normalized spacial score (nSPS) is 22.3. The van der Waals surface area contributed by atoms with Crippen LogP contribution in [0.4, 0.5) is 4.39 Å². The topological polar surface area (TPSA) is 73.8 Å². The van der Waals surface area contributed by atoms with Gasteiger partial charge in [-0.1, -0.05) is 42.5 Å². The van der Waals surface area contributed by atoms with Gasteiger partial charge >= 0.3 is 0 Å². The molecule has 0 aliphatic heterocycles. The zero-order valence-electron chi connectivity index (χ0n) is 13.9. The molecule has 4 rings (SSSR count). The molecule has 2 N–H and O–H groups in total. The number of imidazole rings is 1. The number of nitrogens with two attached hydrogens (primary N) is 1. The minimum absolute atomic E-state index is 0.103. The molecule has 2 heterocycles. The van der Waals surface area contributed by atoms with Crippen molar-refractivity contribution >= 4 is 17.1 Å². The SMILES string of the molecule is NC(=O)C1=CC=CC(F)(Cc2ccccc2)C1n1cnc2cccnc21. The van der Waals surface area contributed by atoms with E-state index in [1.54, 1.807) is 35.0 Å². The maximum Gasteiger partial charge on any atom is 0.246 e. The maximum absolute atomic E-state index is 16.2. The number of amides is 1. The van der Waals surface area contributed by atoms with E-state index in [1.165, 1.54) is 12.4 Å². The molecule has 2 atom stereocenters. The molecule has 3 aromatic rings. The van der Waals surface area contributed by atoms with Gasteiger partial charge in [-0.05, 0) is 23.8 Å². The number of nitrogens with zero attached hydrogens (tertiary/aromatic N) is 3. The number of fused-ring (bicyclic) bond motifs is 1. The first-order valence-electron chi connectivity index (χ1n) is 8.28. The van der Waals surface area contributed by atoms with Crippen LogP contribution in [0.15, 0.2) is 78.8 Å². The molecule has 1 aliphatic carbocycles. The summed E-state index contributed by atoms with van der Waals surface area (Å²) in [6.45, 7) is 0. The van der Waals surface area contributed by atoms with Crippen LogP contribution in [0.1, 0.15) is 11.6 Å². The van der Waals surface area contributed by atoms with Gasteiger partial charge < -0.3 is 10.3 Å². The van der Waals surface area contributed by atoms with Gasteiger partial charge in [0.1, 0.15) is 11.6 Å². The highest BCUT2D eigenvalue weighted by atomic mass is 19.1. The van der Waals surface area contributed by atoms with E-state index in [9.17, 15) is 4.79 Å². The van der Waals surface area contributed by atoms with E-state index in [2.05, 4.69) is 9.97 Å². The van der Waals surface area contributed by atoms with Crippen molar-refractivity contribution in [2.24, 2.45) is 5.73 Å². The second-order valence-corrected chi connectivity index (χ2v) is 6.34. The fraction of sp³-hybridized carbons (Fsp3) is 0.150. The highest BCUT2D eigenvalue weighted by Gasteiger charge is 2.44. The molecule has 0 bridgehead atoms. The smallest absolute Gasteiger partial charge is 0.246 e. The molecule has 130 valence electrons. The van der Waals surface area contributed by atoms with Crippen molar-refractivity contribution in [3.63, 3.8) is 0 Å². The quantitative estimate of drug-likeness (QED) is 0.788. The van der Waals surface area contributed by atoms with Crippen molar-refractivity contribution in [3.05, 3.63) is 84.4 Å². The highest BCUT2D eigenvalue weighted by molar-refractivity contribution is 5.94. The number of allylic oxidation sites excluding steroid dienone is 3. The third kappa shape index (κ3) is 2.69. The van der Waals surface area contributed by atoms with Crippen molar-refractivity contribution in [1.29, 1.82) is 0 Å². The average Bonchev–Trinajstić information content (AvgIpc) is 3.05. The second kappa shape index (κ2) is 6.22.